The first-order chi connectivity index (χ1) is 16.6. The van der Waals surface area contributed by atoms with Gasteiger partial charge in [0, 0.05) is 42.8 Å². The normalized spacial score (nSPS) is 17.3. The van der Waals surface area contributed by atoms with Crippen molar-refractivity contribution >= 4 is 5.91 Å². The van der Waals surface area contributed by atoms with Gasteiger partial charge in [0.25, 0.3) is 0 Å². The molecule has 1 atom stereocenters. The number of pyridine rings is 2. The first-order valence-electron chi connectivity index (χ1n) is 11.7. The molecule has 2 aliphatic rings. The van der Waals surface area contributed by atoms with Gasteiger partial charge in [-0.05, 0) is 38.3 Å². The van der Waals surface area contributed by atoms with Crippen molar-refractivity contribution in [3.8, 4) is 22.8 Å². The number of ether oxygens (including phenoxy) is 2. The van der Waals surface area contributed by atoms with Crippen LogP contribution in [0, 0.1) is 5.82 Å². The number of halogens is 1. The highest BCUT2D eigenvalue weighted by molar-refractivity contribution is 5.77. The Morgan fingerprint density at radius 3 is 2.79 bits per heavy atom. The highest BCUT2D eigenvalue weighted by Crippen LogP contribution is 2.32. The molecule has 0 aliphatic carbocycles. The molecule has 0 spiro atoms. The second-order valence-electron chi connectivity index (χ2n) is 8.67. The number of fused-ring (bicyclic) bond motifs is 1. The monoisotopic (exact) mass is 465 g/mol. The summed E-state index contributed by atoms with van der Waals surface area (Å²) in [6.45, 7) is 3.94. The molecule has 1 amide bonds. The first-order valence-corrected chi connectivity index (χ1v) is 11.7. The number of rotatable bonds is 5. The number of amides is 1. The van der Waals surface area contributed by atoms with Crippen molar-refractivity contribution in [2.45, 2.75) is 45.1 Å². The minimum absolute atomic E-state index is 0.0504. The Labute approximate surface area is 197 Å². The Morgan fingerprint density at radius 1 is 1.15 bits per heavy atom. The molecule has 0 radical (unpaired) electrons. The summed E-state index contributed by atoms with van der Waals surface area (Å²) in [6, 6.07) is 5.21. The number of aromatic nitrogens is 4. The minimum atomic E-state index is -0.540. The summed E-state index contributed by atoms with van der Waals surface area (Å²) in [5.41, 5.74) is 5.16. The van der Waals surface area contributed by atoms with E-state index in [1.54, 1.807) is 17.1 Å². The zero-order valence-electron chi connectivity index (χ0n) is 19.5. The second-order valence-corrected chi connectivity index (χ2v) is 8.67. The molecule has 5 heterocycles. The quantitative estimate of drug-likeness (QED) is 0.572. The largest absolute Gasteiger partial charge is 0.479 e. The standard InChI is InChI=1S/C25H28FN5O3/c1-16(30-10-4-3-5-23(30)32)21-13-17(6-9-27-21)24-19-7-11-34-12-8-22(19)31(29-24)18-14-20(26)25(33-2)28-15-18/h6,9,13-16H,3-5,7-8,10-12H2,1-2H3. The van der Waals surface area contributed by atoms with Gasteiger partial charge in [-0.15, -0.1) is 0 Å². The number of hydrogen-bond donors (Lipinski definition) is 0. The van der Waals surface area contributed by atoms with Crippen LogP contribution in [0.3, 0.4) is 0 Å². The summed E-state index contributed by atoms with van der Waals surface area (Å²) in [6.07, 6.45) is 7.24. The van der Waals surface area contributed by atoms with Gasteiger partial charge in [0.2, 0.25) is 11.8 Å². The Hall–Kier alpha value is -3.33. The van der Waals surface area contributed by atoms with E-state index in [0.29, 0.717) is 38.2 Å². The third-order valence-corrected chi connectivity index (χ3v) is 6.61. The van der Waals surface area contributed by atoms with Gasteiger partial charge >= 0.3 is 0 Å². The van der Waals surface area contributed by atoms with E-state index in [1.165, 1.54) is 13.2 Å². The van der Waals surface area contributed by atoms with Gasteiger partial charge in [0.15, 0.2) is 5.82 Å². The van der Waals surface area contributed by atoms with Crippen molar-refractivity contribution in [3.05, 3.63) is 53.4 Å². The molecule has 3 aromatic heterocycles. The van der Waals surface area contributed by atoms with E-state index in [-0.39, 0.29) is 17.8 Å². The minimum Gasteiger partial charge on any atom is -0.479 e. The molecule has 9 heteroatoms. The molecule has 8 nitrogen and oxygen atoms in total. The van der Waals surface area contributed by atoms with Crippen LogP contribution in [-0.2, 0) is 22.4 Å². The number of carbonyl (C=O) groups excluding carboxylic acids is 1. The van der Waals surface area contributed by atoms with Gasteiger partial charge in [-0.25, -0.2) is 14.1 Å². The Bertz CT molecular complexity index is 1210. The van der Waals surface area contributed by atoms with Crippen LogP contribution in [-0.4, -0.2) is 57.4 Å². The van der Waals surface area contributed by atoms with Crippen LogP contribution < -0.4 is 4.74 Å². The number of methoxy groups -OCH3 is 1. The molecule has 178 valence electrons. The van der Waals surface area contributed by atoms with Crippen LogP contribution in [0.25, 0.3) is 16.9 Å². The van der Waals surface area contributed by atoms with Gasteiger partial charge in [-0.3, -0.25) is 9.78 Å². The van der Waals surface area contributed by atoms with E-state index in [1.807, 2.05) is 24.0 Å². The summed E-state index contributed by atoms with van der Waals surface area (Å²) in [5.74, 6) is -0.414. The lowest BCUT2D eigenvalue weighted by Crippen LogP contribution is -2.37. The predicted octanol–water partition coefficient (Wildman–Crippen LogP) is 3.67. The SMILES string of the molecule is COc1ncc(-n2nc(-c3ccnc(C(C)N4CCCCC4=O)c3)c3c2CCOCC3)cc1F. The lowest BCUT2D eigenvalue weighted by molar-refractivity contribution is -0.135. The summed E-state index contributed by atoms with van der Waals surface area (Å²) >= 11 is 0. The molecule has 1 fully saturated rings. The molecular formula is C25H28FN5O3. The number of piperidine rings is 1. The molecule has 0 bridgehead atoms. The maximum atomic E-state index is 14.4. The van der Waals surface area contributed by atoms with Crippen molar-refractivity contribution in [2.75, 3.05) is 26.9 Å². The highest BCUT2D eigenvalue weighted by atomic mass is 19.1. The number of nitrogens with zero attached hydrogens (tertiary/aromatic N) is 5. The molecule has 5 rings (SSSR count). The van der Waals surface area contributed by atoms with E-state index in [9.17, 15) is 9.18 Å². The number of carbonyl (C=O) groups is 1. The van der Waals surface area contributed by atoms with Crippen LogP contribution in [0.5, 0.6) is 5.88 Å². The Balaban J connectivity index is 1.56. The third kappa shape index (κ3) is 4.16. The molecular weight excluding hydrogens is 437 g/mol. The molecule has 1 saturated heterocycles. The van der Waals surface area contributed by atoms with Crippen molar-refractivity contribution < 1.29 is 18.7 Å². The second kappa shape index (κ2) is 9.50. The fourth-order valence-electron chi connectivity index (χ4n) is 4.80. The Kier molecular flexibility index (Phi) is 6.28. The van der Waals surface area contributed by atoms with Gasteiger partial charge in [0.05, 0.1) is 55.3 Å². The van der Waals surface area contributed by atoms with Gasteiger partial charge in [-0.1, -0.05) is 0 Å². The van der Waals surface area contributed by atoms with E-state index in [0.717, 1.165) is 47.6 Å². The molecule has 1 unspecified atom stereocenters. The first kappa shape index (κ1) is 22.5. The van der Waals surface area contributed by atoms with Crippen molar-refractivity contribution in [2.24, 2.45) is 0 Å². The van der Waals surface area contributed by atoms with Crippen molar-refractivity contribution in [1.29, 1.82) is 0 Å². The maximum Gasteiger partial charge on any atom is 0.250 e. The number of hydrogen-bond acceptors (Lipinski definition) is 6. The predicted molar refractivity (Wildman–Crippen MR) is 123 cm³/mol. The topological polar surface area (TPSA) is 82.4 Å². The van der Waals surface area contributed by atoms with E-state index >= 15 is 0 Å². The molecule has 3 aromatic rings. The van der Waals surface area contributed by atoms with Gasteiger partial charge < -0.3 is 14.4 Å². The summed E-state index contributed by atoms with van der Waals surface area (Å²) < 4.78 is 26.9. The smallest absolute Gasteiger partial charge is 0.250 e. The molecule has 0 saturated carbocycles. The fourth-order valence-corrected chi connectivity index (χ4v) is 4.80. The molecule has 0 N–H and O–H groups in total. The van der Waals surface area contributed by atoms with E-state index in [4.69, 9.17) is 14.6 Å². The molecule has 0 aromatic carbocycles. The fraction of sp³-hybridized carbons (Fsp3) is 0.440. The highest BCUT2D eigenvalue weighted by Gasteiger charge is 2.27. The van der Waals surface area contributed by atoms with Crippen LogP contribution in [0.4, 0.5) is 4.39 Å². The average Bonchev–Trinajstić information content (AvgIpc) is 3.04. The van der Waals surface area contributed by atoms with E-state index in [2.05, 4.69) is 9.97 Å². The van der Waals surface area contributed by atoms with Crippen LogP contribution in [0.2, 0.25) is 0 Å². The zero-order valence-corrected chi connectivity index (χ0v) is 19.5. The maximum absolute atomic E-state index is 14.4. The van der Waals surface area contributed by atoms with Crippen LogP contribution in [0.15, 0.2) is 30.6 Å². The summed E-state index contributed by atoms with van der Waals surface area (Å²) in [5, 5.41) is 4.90. The zero-order chi connectivity index (χ0) is 23.7. The van der Waals surface area contributed by atoms with Crippen LogP contribution in [0.1, 0.15) is 49.2 Å². The third-order valence-electron chi connectivity index (χ3n) is 6.61. The summed E-state index contributed by atoms with van der Waals surface area (Å²) in [7, 11) is 1.39. The van der Waals surface area contributed by atoms with Crippen molar-refractivity contribution in [3.63, 3.8) is 0 Å². The van der Waals surface area contributed by atoms with Crippen molar-refractivity contribution in [1.82, 2.24) is 24.6 Å². The molecule has 34 heavy (non-hydrogen) atoms. The summed E-state index contributed by atoms with van der Waals surface area (Å²) in [4.78, 5) is 23.0. The average molecular weight is 466 g/mol. The Morgan fingerprint density at radius 2 is 2.00 bits per heavy atom. The lowest BCUT2D eigenvalue weighted by Gasteiger charge is -2.32. The van der Waals surface area contributed by atoms with Crippen LogP contribution >= 0.6 is 0 Å². The van der Waals surface area contributed by atoms with E-state index < -0.39 is 5.82 Å². The lowest BCUT2D eigenvalue weighted by atomic mass is 10.0. The molecule has 2 aliphatic heterocycles. The number of likely N-dealkylation sites (tertiary alicyclic amines) is 1. The van der Waals surface area contributed by atoms with Gasteiger partial charge in [0.1, 0.15) is 0 Å². The van der Waals surface area contributed by atoms with Gasteiger partial charge in [-0.2, -0.15) is 5.10 Å².